The minimum atomic E-state index is -1.11. The van der Waals surface area contributed by atoms with Crippen molar-refractivity contribution in [3.05, 3.63) is 62.6 Å². The maximum Gasteiger partial charge on any atom is 0.337 e. The molecule has 2 aromatic rings. The van der Waals surface area contributed by atoms with Crippen LogP contribution in [0.15, 0.2) is 36.4 Å². The molecule has 0 saturated heterocycles. The minimum absolute atomic E-state index is 0.0126. The van der Waals surface area contributed by atoms with Gasteiger partial charge in [0.2, 0.25) is 0 Å². The van der Waals surface area contributed by atoms with Gasteiger partial charge in [-0.2, -0.15) is 0 Å². The van der Waals surface area contributed by atoms with Crippen LogP contribution in [0.3, 0.4) is 0 Å². The lowest BCUT2D eigenvalue weighted by atomic mass is 10.2. The van der Waals surface area contributed by atoms with Gasteiger partial charge < -0.3 is 9.84 Å². The monoisotopic (exact) mass is 330 g/mol. The Morgan fingerprint density at radius 1 is 1.10 bits per heavy atom. The van der Waals surface area contributed by atoms with Gasteiger partial charge in [0.05, 0.1) is 20.6 Å². The van der Waals surface area contributed by atoms with E-state index in [1.165, 1.54) is 12.1 Å². The molecule has 0 fully saturated rings. The summed E-state index contributed by atoms with van der Waals surface area (Å²) in [6.45, 7) is 0.181. The lowest BCUT2D eigenvalue weighted by Crippen LogP contribution is -2.00. The smallest absolute Gasteiger partial charge is 0.337 e. The molecular formula is C14H9Cl3O3. The van der Waals surface area contributed by atoms with E-state index in [-0.39, 0.29) is 17.2 Å². The van der Waals surface area contributed by atoms with Gasteiger partial charge in [-0.25, -0.2) is 4.79 Å². The van der Waals surface area contributed by atoms with E-state index >= 15 is 0 Å². The van der Waals surface area contributed by atoms with Crippen LogP contribution in [0.1, 0.15) is 15.9 Å². The molecule has 0 aliphatic heterocycles. The molecule has 0 bridgehead atoms. The van der Waals surface area contributed by atoms with Gasteiger partial charge in [-0.05, 0) is 24.3 Å². The Balaban J connectivity index is 2.17. The predicted octanol–water partition coefficient (Wildman–Crippen LogP) is 4.92. The van der Waals surface area contributed by atoms with E-state index in [0.29, 0.717) is 21.4 Å². The Morgan fingerprint density at radius 2 is 1.85 bits per heavy atom. The maximum absolute atomic E-state index is 11.0. The molecule has 0 heterocycles. The number of hydrogen-bond acceptors (Lipinski definition) is 2. The molecule has 0 aromatic heterocycles. The van der Waals surface area contributed by atoms with Gasteiger partial charge in [0.15, 0.2) is 0 Å². The van der Waals surface area contributed by atoms with E-state index in [1.54, 1.807) is 24.3 Å². The maximum atomic E-state index is 11.0. The van der Waals surface area contributed by atoms with E-state index in [9.17, 15) is 4.79 Å². The number of carboxylic acid groups (broad SMARTS) is 1. The van der Waals surface area contributed by atoms with E-state index in [1.807, 2.05) is 0 Å². The second-order valence-corrected chi connectivity index (χ2v) is 5.14. The summed E-state index contributed by atoms with van der Waals surface area (Å²) >= 11 is 17.7. The van der Waals surface area contributed by atoms with E-state index < -0.39 is 5.97 Å². The number of aromatic carboxylic acids is 1. The molecule has 6 heteroatoms. The predicted molar refractivity (Wildman–Crippen MR) is 79.2 cm³/mol. The summed E-state index contributed by atoms with van der Waals surface area (Å²) in [5, 5.41) is 9.99. The number of rotatable bonds is 4. The number of carbonyl (C=O) groups is 1. The highest BCUT2D eigenvalue weighted by molar-refractivity contribution is 6.42. The molecule has 0 unspecified atom stereocenters. The van der Waals surface area contributed by atoms with Crippen molar-refractivity contribution >= 4 is 40.8 Å². The molecule has 20 heavy (non-hydrogen) atoms. The molecule has 0 aliphatic carbocycles. The van der Waals surface area contributed by atoms with Gasteiger partial charge in [0.1, 0.15) is 12.4 Å². The molecule has 2 rings (SSSR count). The number of ether oxygens (including phenoxy) is 1. The minimum Gasteiger partial charge on any atom is -0.489 e. The van der Waals surface area contributed by atoms with Crippen LogP contribution in [0.25, 0.3) is 0 Å². The Kier molecular flexibility index (Phi) is 4.76. The quantitative estimate of drug-likeness (QED) is 0.864. The third-order valence-electron chi connectivity index (χ3n) is 2.59. The van der Waals surface area contributed by atoms with Gasteiger partial charge in [-0.3, -0.25) is 0 Å². The first kappa shape index (κ1) is 15.0. The molecule has 104 valence electrons. The van der Waals surface area contributed by atoms with Gasteiger partial charge >= 0.3 is 5.97 Å². The Hall–Kier alpha value is -1.42. The Labute approximate surface area is 130 Å². The van der Waals surface area contributed by atoms with Crippen molar-refractivity contribution in [2.24, 2.45) is 0 Å². The largest absolute Gasteiger partial charge is 0.489 e. The average Bonchev–Trinajstić information content (AvgIpc) is 2.41. The molecule has 2 aromatic carbocycles. The standard InChI is InChI=1S/C14H9Cl3O3/c15-11-5-4-9(6-10(11)14(18)19)20-7-8-2-1-3-12(16)13(8)17/h1-6H,7H2,(H,18,19). The highest BCUT2D eigenvalue weighted by Crippen LogP contribution is 2.27. The number of benzene rings is 2. The Morgan fingerprint density at radius 3 is 2.55 bits per heavy atom. The zero-order valence-electron chi connectivity index (χ0n) is 10.1. The van der Waals surface area contributed by atoms with Crippen molar-refractivity contribution in [2.75, 3.05) is 0 Å². The highest BCUT2D eigenvalue weighted by atomic mass is 35.5. The SMILES string of the molecule is O=C(O)c1cc(OCc2cccc(Cl)c2Cl)ccc1Cl. The summed E-state index contributed by atoms with van der Waals surface area (Å²) in [4.78, 5) is 11.0. The molecule has 0 aliphatic rings. The summed E-state index contributed by atoms with van der Waals surface area (Å²) in [7, 11) is 0. The normalized spacial score (nSPS) is 10.3. The summed E-state index contributed by atoms with van der Waals surface area (Å²) < 4.78 is 5.51. The molecule has 0 spiro atoms. The highest BCUT2D eigenvalue weighted by Gasteiger charge is 2.11. The van der Waals surface area contributed by atoms with Crippen LogP contribution in [0.2, 0.25) is 15.1 Å². The van der Waals surface area contributed by atoms with Gasteiger partial charge in [-0.15, -0.1) is 0 Å². The van der Waals surface area contributed by atoms with Crippen molar-refractivity contribution in [1.82, 2.24) is 0 Å². The van der Waals surface area contributed by atoms with Crippen LogP contribution in [0.5, 0.6) is 5.75 Å². The molecule has 0 radical (unpaired) electrons. The second-order valence-electron chi connectivity index (χ2n) is 3.95. The van der Waals surface area contributed by atoms with Crippen molar-refractivity contribution in [1.29, 1.82) is 0 Å². The van der Waals surface area contributed by atoms with Crippen molar-refractivity contribution in [2.45, 2.75) is 6.61 Å². The average molecular weight is 332 g/mol. The molecular weight excluding hydrogens is 323 g/mol. The van der Waals surface area contributed by atoms with Crippen LogP contribution in [-0.2, 0) is 6.61 Å². The van der Waals surface area contributed by atoms with Crippen LogP contribution in [0.4, 0.5) is 0 Å². The molecule has 0 amide bonds. The third-order valence-corrected chi connectivity index (χ3v) is 3.78. The van der Waals surface area contributed by atoms with Gasteiger partial charge in [0.25, 0.3) is 0 Å². The van der Waals surface area contributed by atoms with E-state index in [2.05, 4.69) is 0 Å². The summed E-state index contributed by atoms with van der Waals surface area (Å²) in [6.07, 6.45) is 0. The summed E-state index contributed by atoms with van der Waals surface area (Å²) in [6, 6.07) is 9.65. The number of carboxylic acids is 1. The number of halogens is 3. The molecule has 3 nitrogen and oxygen atoms in total. The van der Waals surface area contributed by atoms with Crippen molar-refractivity contribution in [3.8, 4) is 5.75 Å². The first-order chi connectivity index (χ1) is 9.49. The first-order valence-corrected chi connectivity index (χ1v) is 6.71. The topological polar surface area (TPSA) is 46.5 Å². The van der Waals surface area contributed by atoms with Crippen LogP contribution < -0.4 is 4.74 Å². The fourth-order valence-electron chi connectivity index (χ4n) is 1.58. The fraction of sp³-hybridized carbons (Fsp3) is 0.0714. The third kappa shape index (κ3) is 3.37. The molecule has 1 N–H and O–H groups in total. The molecule has 0 saturated carbocycles. The molecule has 0 atom stereocenters. The zero-order valence-corrected chi connectivity index (χ0v) is 12.3. The van der Waals surface area contributed by atoms with Crippen LogP contribution in [0, 0.1) is 0 Å². The fourth-order valence-corrected chi connectivity index (χ4v) is 2.15. The lowest BCUT2D eigenvalue weighted by molar-refractivity contribution is 0.0696. The van der Waals surface area contributed by atoms with Gasteiger partial charge in [-0.1, -0.05) is 46.9 Å². The zero-order chi connectivity index (χ0) is 14.7. The Bertz CT molecular complexity index is 656. The lowest BCUT2D eigenvalue weighted by Gasteiger charge is -2.09. The van der Waals surface area contributed by atoms with Crippen molar-refractivity contribution < 1.29 is 14.6 Å². The summed E-state index contributed by atoms with van der Waals surface area (Å²) in [5.74, 6) is -0.718. The van der Waals surface area contributed by atoms with Gasteiger partial charge in [0, 0.05) is 5.56 Å². The second kappa shape index (κ2) is 6.35. The van der Waals surface area contributed by atoms with Crippen LogP contribution >= 0.6 is 34.8 Å². The van der Waals surface area contributed by atoms with E-state index in [4.69, 9.17) is 44.6 Å². The summed E-state index contributed by atoms with van der Waals surface area (Å²) in [5.41, 5.74) is 0.701. The number of hydrogen-bond donors (Lipinski definition) is 1. The van der Waals surface area contributed by atoms with Crippen molar-refractivity contribution in [3.63, 3.8) is 0 Å². The first-order valence-electron chi connectivity index (χ1n) is 5.57. The van der Waals surface area contributed by atoms with Crippen LogP contribution in [-0.4, -0.2) is 11.1 Å². The van der Waals surface area contributed by atoms with E-state index in [0.717, 1.165) is 0 Å².